The van der Waals surface area contributed by atoms with Crippen LogP contribution >= 0.6 is 0 Å². The Morgan fingerprint density at radius 3 is 2.31 bits per heavy atom. The number of carbonyl (C=O) groups is 3. The van der Waals surface area contributed by atoms with E-state index in [2.05, 4.69) is 20.8 Å². The number of allylic oxidation sites excluding steroid dienone is 2. The minimum atomic E-state index is -0.709. The van der Waals surface area contributed by atoms with E-state index in [-0.39, 0.29) is 55.7 Å². The van der Waals surface area contributed by atoms with Crippen molar-refractivity contribution in [2.75, 3.05) is 26.3 Å². The second-order valence-corrected chi connectivity index (χ2v) is 10.5. The van der Waals surface area contributed by atoms with Gasteiger partial charge in [-0.05, 0) is 38.5 Å². The van der Waals surface area contributed by atoms with Crippen LogP contribution in [0.15, 0.2) is 24.3 Å². The quantitative estimate of drug-likeness (QED) is 0.106. The number of ether oxygens (including phenoxy) is 2. The molecule has 8 nitrogen and oxygen atoms in total. The molecule has 1 aliphatic rings. The zero-order valence-corrected chi connectivity index (χ0v) is 24.5. The Labute approximate surface area is 235 Å². The summed E-state index contributed by atoms with van der Waals surface area (Å²) in [4.78, 5) is 38.3. The van der Waals surface area contributed by atoms with Gasteiger partial charge in [0, 0.05) is 37.8 Å². The number of amides is 1. The molecule has 0 aliphatic heterocycles. The van der Waals surface area contributed by atoms with Crippen LogP contribution in [0.2, 0.25) is 0 Å². The predicted octanol–water partition coefficient (Wildman–Crippen LogP) is 5.75. The van der Waals surface area contributed by atoms with Crippen molar-refractivity contribution in [1.82, 2.24) is 4.90 Å². The second-order valence-electron chi connectivity index (χ2n) is 10.5. The maximum absolute atomic E-state index is 12.4. The summed E-state index contributed by atoms with van der Waals surface area (Å²) in [5, 5.41) is 20.4. The van der Waals surface area contributed by atoms with Crippen LogP contribution in [0.25, 0.3) is 0 Å². The van der Waals surface area contributed by atoms with Crippen molar-refractivity contribution in [3.8, 4) is 0 Å². The molecule has 8 heteroatoms. The zero-order valence-electron chi connectivity index (χ0n) is 24.5. The van der Waals surface area contributed by atoms with Gasteiger partial charge in [-0.2, -0.15) is 0 Å². The third-order valence-electron chi connectivity index (χ3n) is 7.09. The third kappa shape index (κ3) is 15.2. The summed E-state index contributed by atoms with van der Waals surface area (Å²) >= 11 is 0. The molecule has 0 unspecified atom stereocenters. The van der Waals surface area contributed by atoms with Crippen molar-refractivity contribution in [1.29, 1.82) is 0 Å². The Morgan fingerprint density at radius 1 is 0.974 bits per heavy atom. The molecule has 224 valence electrons. The maximum Gasteiger partial charge on any atom is 0.409 e. The topological polar surface area (TPSA) is 113 Å². The van der Waals surface area contributed by atoms with Crippen molar-refractivity contribution in [3.05, 3.63) is 24.3 Å². The van der Waals surface area contributed by atoms with Crippen LogP contribution in [0, 0.1) is 11.8 Å². The highest BCUT2D eigenvalue weighted by atomic mass is 16.6. The number of Topliss-reactive ketones (excluding diaryl/α,β-unsaturated/α-hetero) is 1. The van der Waals surface area contributed by atoms with E-state index in [0.29, 0.717) is 38.8 Å². The Bertz CT molecular complexity index is 743. The van der Waals surface area contributed by atoms with Gasteiger partial charge in [0.1, 0.15) is 19.0 Å². The number of hydrogen-bond donors (Lipinski definition) is 2. The van der Waals surface area contributed by atoms with E-state index < -0.39 is 12.2 Å². The van der Waals surface area contributed by atoms with Gasteiger partial charge in [-0.1, -0.05) is 77.2 Å². The van der Waals surface area contributed by atoms with Gasteiger partial charge in [-0.15, -0.1) is 0 Å². The van der Waals surface area contributed by atoms with Crippen LogP contribution < -0.4 is 0 Å². The zero-order chi connectivity index (χ0) is 28.9. The van der Waals surface area contributed by atoms with Crippen LogP contribution in [-0.4, -0.2) is 71.5 Å². The monoisotopic (exact) mass is 551 g/mol. The fraction of sp³-hybridized carbons (Fsp3) is 0.774. The number of aliphatic hydroxyl groups is 2. The Balaban J connectivity index is 2.28. The van der Waals surface area contributed by atoms with Gasteiger partial charge < -0.3 is 24.6 Å². The number of esters is 1. The average molecular weight is 552 g/mol. The lowest BCUT2D eigenvalue weighted by molar-refractivity contribution is -0.144. The van der Waals surface area contributed by atoms with E-state index in [1.54, 1.807) is 11.0 Å². The van der Waals surface area contributed by atoms with E-state index in [1.165, 1.54) is 0 Å². The molecule has 0 saturated heterocycles. The third-order valence-corrected chi connectivity index (χ3v) is 7.09. The van der Waals surface area contributed by atoms with E-state index in [0.717, 1.165) is 44.9 Å². The van der Waals surface area contributed by atoms with Crippen LogP contribution in [-0.2, 0) is 19.1 Å². The first-order valence-corrected chi connectivity index (χ1v) is 15.1. The molecular formula is C31H53NO7. The van der Waals surface area contributed by atoms with Crippen LogP contribution in [0.4, 0.5) is 4.79 Å². The summed E-state index contributed by atoms with van der Waals surface area (Å²) in [5.41, 5.74) is 0. The van der Waals surface area contributed by atoms with Crippen molar-refractivity contribution >= 4 is 17.8 Å². The average Bonchev–Trinajstić information content (AvgIpc) is 3.18. The van der Waals surface area contributed by atoms with Crippen molar-refractivity contribution in [2.24, 2.45) is 11.8 Å². The number of nitrogens with zero attached hydrogens (tertiary/aromatic N) is 1. The number of unbranched alkanes of at least 4 members (excludes halogenated alkanes) is 5. The molecule has 1 rings (SSSR count). The summed E-state index contributed by atoms with van der Waals surface area (Å²) in [6.07, 6.45) is 15.7. The van der Waals surface area contributed by atoms with Crippen LogP contribution in [0.3, 0.4) is 0 Å². The Hall–Kier alpha value is -2.19. The van der Waals surface area contributed by atoms with Crippen LogP contribution in [0.5, 0.6) is 0 Å². The smallest absolute Gasteiger partial charge is 0.409 e. The highest BCUT2D eigenvalue weighted by Gasteiger charge is 2.39. The van der Waals surface area contributed by atoms with Gasteiger partial charge in [-0.3, -0.25) is 9.59 Å². The van der Waals surface area contributed by atoms with Crippen molar-refractivity contribution in [2.45, 2.75) is 116 Å². The largest absolute Gasteiger partial charge is 0.462 e. The SMILES string of the molecule is CCCCC[C@H](O)/C=C/[C@H]1[C@H](O)CC(=O)[C@@H]1C/C=C\CCCC(=O)OCCOC(=O)N(CCCC)CCCC. The normalized spacial score (nSPS) is 20.1. The fourth-order valence-electron chi connectivity index (χ4n) is 4.65. The molecular weight excluding hydrogens is 498 g/mol. The predicted molar refractivity (Wildman–Crippen MR) is 153 cm³/mol. The molecule has 1 saturated carbocycles. The number of rotatable bonds is 21. The maximum atomic E-state index is 12.4. The minimum Gasteiger partial charge on any atom is -0.462 e. The highest BCUT2D eigenvalue weighted by Crippen LogP contribution is 2.33. The summed E-state index contributed by atoms with van der Waals surface area (Å²) in [5.74, 6) is -0.851. The lowest BCUT2D eigenvalue weighted by atomic mass is 9.90. The summed E-state index contributed by atoms with van der Waals surface area (Å²) in [6.45, 7) is 7.73. The summed E-state index contributed by atoms with van der Waals surface area (Å²) in [6, 6.07) is 0. The van der Waals surface area contributed by atoms with Gasteiger partial charge in [0.25, 0.3) is 0 Å². The van der Waals surface area contributed by atoms with Gasteiger partial charge >= 0.3 is 12.1 Å². The van der Waals surface area contributed by atoms with E-state index in [1.807, 2.05) is 18.2 Å². The molecule has 0 bridgehead atoms. The number of hydrogen-bond acceptors (Lipinski definition) is 7. The highest BCUT2D eigenvalue weighted by molar-refractivity contribution is 5.84. The molecule has 0 radical (unpaired) electrons. The molecule has 0 spiro atoms. The minimum absolute atomic E-state index is 0.0458. The molecule has 1 fully saturated rings. The van der Waals surface area contributed by atoms with Crippen molar-refractivity contribution < 1.29 is 34.1 Å². The first-order chi connectivity index (χ1) is 18.8. The first-order valence-electron chi connectivity index (χ1n) is 15.1. The molecule has 4 atom stereocenters. The molecule has 0 aromatic rings. The molecule has 1 aliphatic carbocycles. The lowest BCUT2D eigenvalue weighted by Crippen LogP contribution is -2.34. The first kappa shape index (κ1) is 34.8. The molecule has 39 heavy (non-hydrogen) atoms. The number of aliphatic hydroxyl groups excluding tert-OH is 2. The van der Waals surface area contributed by atoms with Gasteiger partial charge in [0.15, 0.2) is 0 Å². The molecule has 0 aromatic heterocycles. The molecule has 0 aromatic carbocycles. The van der Waals surface area contributed by atoms with E-state index in [4.69, 9.17) is 9.47 Å². The Kier molecular flexibility index (Phi) is 19.3. The Morgan fingerprint density at radius 2 is 1.64 bits per heavy atom. The molecule has 1 amide bonds. The van der Waals surface area contributed by atoms with Gasteiger partial charge in [-0.25, -0.2) is 4.79 Å². The van der Waals surface area contributed by atoms with Crippen LogP contribution in [0.1, 0.15) is 104 Å². The van der Waals surface area contributed by atoms with Crippen molar-refractivity contribution in [3.63, 3.8) is 0 Å². The fourth-order valence-corrected chi connectivity index (χ4v) is 4.65. The summed E-state index contributed by atoms with van der Waals surface area (Å²) in [7, 11) is 0. The lowest BCUT2D eigenvalue weighted by Gasteiger charge is -2.21. The van der Waals surface area contributed by atoms with E-state index >= 15 is 0 Å². The number of ketones is 1. The van der Waals surface area contributed by atoms with E-state index in [9.17, 15) is 24.6 Å². The molecule has 0 heterocycles. The molecule has 2 N–H and O–H groups in total. The standard InChI is InChI=1S/C31H53NO7/c1-4-7-12-15-25(33)18-19-27-26(28(34)24-29(27)35)16-13-10-11-14-17-30(36)38-22-23-39-31(37)32(20-8-5-2)21-9-6-3/h10,13,18-19,25-27,29,33,35H,4-9,11-12,14-17,20-24H2,1-3H3/b13-10-,19-18+/t25-,26+,27+,29+/m0/s1. The van der Waals surface area contributed by atoms with Gasteiger partial charge in [0.2, 0.25) is 0 Å². The number of carbonyl (C=O) groups excluding carboxylic acids is 3. The second kappa shape index (κ2) is 21.6. The van der Waals surface area contributed by atoms with Gasteiger partial charge in [0.05, 0.1) is 12.2 Å². The summed E-state index contributed by atoms with van der Waals surface area (Å²) < 4.78 is 10.4.